The summed E-state index contributed by atoms with van der Waals surface area (Å²) >= 11 is 3.35. The molecule has 92 valence electrons. The first-order valence-corrected chi connectivity index (χ1v) is 6.22. The van der Waals surface area contributed by atoms with E-state index in [0.717, 1.165) is 25.8 Å². The molecule has 0 aromatic carbocycles. The average molecular weight is 300 g/mol. The van der Waals surface area contributed by atoms with Crippen LogP contribution in [0.2, 0.25) is 0 Å². The van der Waals surface area contributed by atoms with Gasteiger partial charge in [-0.15, -0.1) is 0 Å². The first-order chi connectivity index (χ1) is 8.11. The Labute approximate surface area is 108 Å². The minimum absolute atomic E-state index is 0.311. The number of hydrogen-bond acceptors (Lipinski definition) is 5. The van der Waals surface area contributed by atoms with Crippen molar-refractivity contribution in [3.63, 3.8) is 0 Å². The molecule has 17 heavy (non-hydrogen) atoms. The molecule has 1 fully saturated rings. The number of anilines is 2. The van der Waals surface area contributed by atoms with E-state index in [1.165, 1.54) is 6.33 Å². The van der Waals surface area contributed by atoms with Crippen LogP contribution >= 0.6 is 15.9 Å². The van der Waals surface area contributed by atoms with Crippen LogP contribution in [-0.2, 0) is 4.79 Å². The lowest BCUT2D eigenvalue weighted by atomic mass is 10.0. The number of carbonyl (C=O) groups excluding carboxylic acids is 1. The zero-order chi connectivity index (χ0) is 12.4. The summed E-state index contributed by atoms with van der Waals surface area (Å²) in [7, 11) is 0. The number of piperidine rings is 1. The molecule has 2 heterocycles. The SMILES string of the molecule is NC(=O)C1CCCCN1c1ncnc(N)c1Br. The van der Waals surface area contributed by atoms with Crippen molar-refractivity contribution in [2.24, 2.45) is 5.73 Å². The summed E-state index contributed by atoms with van der Waals surface area (Å²) < 4.78 is 0.619. The molecule has 7 heteroatoms. The summed E-state index contributed by atoms with van der Waals surface area (Å²) in [6, 6.07) is -0.311. The fourth-order valence-corrected chi connectivity index (χ4v) is 2.49. The minimum Gasteiger partial charge on any atom is -0.383 e. The molecule has 0 radical (unpaired) electrons. The third kappa shape index (κ3) is 2.33. The van der Waals surface area contributed by atoms with Gasteiger partial charge in [-0.2, -0.15) is 0 Å². The Hall–Kier alpha value is -1.37. The average Bonchev–Trinajstić information content (AvgIpc) is 2.33. The van der Waals surface area contributed by atoms with Crippen LogP contribution in [0, 0.1) is 0 Å². The van der Waals surface area contributed by atoms with Crippen LogP contribution in [0.4, 0.5) is 11.6 Å². The lowest BCUT2D eigenvalue weighted by Gasteiger charge is -2.35. The number of halogens is 1. The Morgan fingerprint density at radius 1 is 1.47 bits per heavy atom. The second-order valence-electron chi connectivity index (χ2n) is 4.00. The topological polar surface area (TPSA) is 98.1 Å². The van der Waals surface area contributed by atoms with Crippen molar-refractivity contribution in [1.29, 1.82) is 0 Å². The monoisotopic (exact) mass is 299 g/mol. The van der Waals surface area contributed by atoms with Crippen molar-refractivity contribution in [2.75, 3.05) is 17.2 Å². The van der Waals surface area contributed by atoms with Crippen LogP contribution in [0.5, 0.6) is 0 Å². The Kier molecular flexibility index (Phi) is 3.46. The van der Waals surface area contributed by atoms with Crippen molar-refractivity contribution in [2.45, 2.75) is 25.3 Å². The van der Waals surface area contributed by atoms with Gasteiger partial charge in [0.05, 0.1) is 0 Å². The zero-order valence-electron chi connectivity index (χ0n) is 9.27. The fraction of sp³-hybridized carbons (Fsp3) is 0.500. The number of primary amides is 1. The summed E-state index contributed by atoms with van der Waals surface area (Å²) in [6.45, 7) is 0.753. The van der Waals surface area contributed by atoms with E-state index in [0.29, 0.717) is 16.1 Å². The van der Waals surface area contributed by atoms with Crippen LogP contribution in [0.3, 0.4) is 0 Å². The molecule has 1 unspecified atom stereocenters. The first kappa shape index (κ1) is 12.1. The second kappa shape index (κ2) is 4.87. The van der Waals surface area contributed by atoms with E-state index < -0.39 is 0 Å². The fourth-order valence-electron chi connectivity index (χ4n) is 2.05. The molecule has 1 aliphatic rings. The zero-order valence-corrected chi connectivity index (χ0v) is 10.9. The second-order valence-corrected chi connectivity index (χ2v) is 4.80. The van der Waals surface area contributed by atoms with Gasteiger partial charge in [0.2, 0.25) is 5.91 Å². The molecule has 0 aliphatic carbocycles. The molecule has 0 bridgehead atoms. The number of hydrogen-bond donors (Lipinski definition) is 2. The predicted octanol–water partition coefficient (Wildman–Crippen LogP) is 0.665. The summed E-state index contributed by atoms with van der Waals surface area (Å²) in [4.78, 5) is 21.4. The molecular formula is C10H14BrN5O. The third-order valence-corrected chi connectivity index (χ3v) is 3.66. The van der Waals surface area contributed by atoms with Crippen molar-refractivity contribution in [3.05, 3.63) is 10.8 Å². The molecule has 1 saturated heterocycles. The van der Waals surface area contributed by atoms with Gasteiger partial charge in [0.15, 0.2) is 0 Å². The van der Waals surface area contributed by atoms with Crippen LogP contribution in [0.15, 0.2) is 10.8 Å². The number of amides is 1. The van der Waals surface area contributed by atoms with Crippen molar-refractivity contribution >= 4 is 33.5 Å². The highest BCUT2D eigenvalue weighted by atomic mass is 79.9. The maximum Gasteiger partial charge on any atom is 0.240 e. The van der Waals surface area contributed by atoms with Gasteiger partial charge in [0.1, 0.15) is 28.5 Å². The van der Waals surface area contributed by atoms with Gasteiger partial charge in [-0.25, -0.2) is 9.97 Å². The first-order valence-electron chi connectivity index (χ1n) is 5.43. The van der Waals surface area contributed by atoms with E-state index in [1.54, 1.807) is 0 Å². The van der Waals surface area contributed by atoms with Gasteiger partial charge in [0.25, 0.3) is 0 Å². The molecule has 6 nitrogen and oxygen atoms in total. The Morgan fingerprint density at radius 3 is 2.94 bits per heavy atom. The van der Waals surface area contributed by atoms with Crippen LogP contribution in [0.25, 0.3) is 0 Å². The molecule has 1 aliphatic heterocycles. The number of nitrogens with two attached hydrogens (primary N) is 2. The van der Waals surface area contributed by atoms with Crippen LogP contribution in [-0.4, -0.2) is 28.5 Å². The lowest BCUT2D eigenvalue weighted by Crippen LogP contribution is -2.48. The third-order valence-electron chi connectivity index (χ3n) is 2.90. The number of aromatic nitrogens is 2. The molecule has 1 aromatic heterocycles. The molecule has 2 rings (SSSR count). The van der Waals surface area contributed by atoms with Gasteiger partial charge in [0, 0.05) is 6.54 Å². The maximum atomic E-state index is 11.4. The van der Waals surface area contributed by atoms with Gasteiger partial charge in [-0.05, 0) is 35.2 Å². The van der Waals surface area contributed by atoms with Crippen LogP contribution < -0.4 is 16.4 Å². The number of nitrogen functional groups attached to an aromatic ring is 1. The van der Waals surface area contributed by atoms with Gasteiger partial charge in [-0.3, -0.25) is 4.79 Å². The molecule has 1 aromatic rings. The molecular weight excluding hydrogens is 286 g/mol. The Morgan fingerprint density at radius 2 is 2.24 bits per heavy atom. The number of rotatable bonds is 2. The van der Waals surface area contributed by atoms with E-state index in [-0.39, 0.29) is 11.9 Å². The van der Waals surface area contributed by atoms with Gasteiger partial charge >= 0.3 is 0 Å². The van der Waals surface area contributed by atoms with E-state index in [4.69, 9.17) is 11.5 Å². The molecule has 1 amide bonds. The van der Waals surface area contributed by atoms with Gasteiger partial charge < -0.3 is 16.4 Å². The molecule has 0 spiro atoms. The van der Waals surface area contributed by atoms with E-state index in [1.807, 2.05) is 4.90 Å². The molecule has 1 atom stereocenters. The summed E-state index contributed by atoms with van der Waals surface area (Å²) in [6.07, 6.45) is 4.16. The quantitative estimate of drug-likeness (QED) is 0.836. The highest BCUT2D eigenvalue weighted by Gasteiger charge is 2.29. The normalized spacial score (nSPS) is 20.3. The van der Waals surface area contributed by atoms with E-state index in [9.17, 15) is 4.79 Å². The predicted molar refractivity (Wildman–Crippen MR) is 68.3 cm³/mol. The smallest absolute Gasteiger partial charge is 0.240 e. The standard InChI is InChI=1S/C10H14BrN5O/c11-7-8(12)14-5-15-10(7)16-4-2-1-3-6(16)9(13)17/h5-6H,1-4H2,(H2,13,17)(H2,12,14,15). The van der Waals surface area contributed by atoms with Gasteiger partial charge in [-0.1, -0.05) is 0 Å². The summed E-state index contributed by atoms with van der Waals surface area (Å²) in [5.74, 6) is 0.679. The Balaban J connectivity index is 2.36. The Bertz CT molecular complexity index is 439. The van der Waals surface area contributed by atoms with Crippen molar-refractivity contribution in [3.8, 4) is 0 Å². The molecule has 0 saturated carbocycles. The van der Waals surface area contributed by atoms with Crippen LogP contribution in [0.1, 0.15) is 19.3 Å². The number of carbonyl (C=O) groups is 1. The highest BCUT2D eigenvalue weighted by Crippen LogP contribution is 2.31. The van der Waals surface area contributed by atoms with Crippen molar-refractivity contribution in [1.82, 2.24) is 9.97 Å². The number of nitrogens with zero attached hydrogens (tertiary/aromatic N) is 3. The lowest BCUT2D eigenvalue weighted by molar-refractivity contribution is -0.119. The maximum absolute atomic E-state index is 11.4. The van der Waals surface area contributed by atoms with E-state index >= 15 is 0 Å². The van der Waals surface area contributed by atoms with Crippen molar-refractivity contribution < 1.29 is 4.79 Å². The largest absolute Gasteiger partial charge is 0.383 e. The highest BCUT2D eigenvalue weighted by molar-refractivity contribution is 9.10. The molecule has 4 N–H and O–H groups in total. The minimum atomic E-state index is -0.325. The summed E-state index contributed by atoms with van der Waals surface area (Å²) in [5, 5.41) is 0. The summed E-state index contributed by atoms with van der Waals surface area (Å²) in [5.41, 5.74) is 11.1. The van der Waals surface area contributed by atoms with E-state index in [2.05, 4.69) is 25.9 Å².